The standard InChI is InChI=1S/C22H27N2O9P/c1-14(22(28)30-2)13-34(29,33-16-8-4-3-5-9-16)31-12-17-18(25)19(26)21(32-17)24-10-6-7-15(11-24)20(23)27/h3-11,14,17-19,21,25-26H,12-13H2,1-2H3,(H-,23,27)/p+1/t14-,17-,18-,19-,21-,34?/m1/s1. The number of hydrogen-bond acceptors (Lipinski definition) is 9. The molecular formula is C22H28N2O9P+. The van der Waals surface area contributed by atoms with Gasteiger partial charge in [-0.3, -0.25) is 14.1 Å². The number of aliphatic hydroxyl groups is 2. The molecule has 0 saturated carbocycles. The van der Waals surface area contributed by atoms with Crippen molar-refractivity contribution >= 4 is 19.5 Å². The summed E-state index contributed by atoms with van der Waals surface area (Å²) in [7, 11) is -2.70. The van der Waals surface area contributed by atoms with E-state index in [1.54, 1.807) is 36.4 Å². The second kappa shape index (κ2) is 11.1. The van der Waals surface area contributed by atoms with Gasteiger partial charge in [-0.2, -0.15) is 4.57 Å². The van der Waals surface area contributed by atoms with E-state index in [-0.39, 0.29) is 17.5 Å². The van der Waals surface area contributed by atoms with Crippen LogP contribution in [0.2, 0.25) is 0 Å². The normalized spacial score (nSPS) is 24.7. The topological polar surface area (TPSA) is 158 Å². The number of methoxy groups -OCH3 is 1. The van der Waals surface area contributed by atoms with Crippen LogP contribution in [0.25, 0.3) is 0 Å². The maximum absolute atomic E-state index is 13.5. The number of primary amides is 1. The molecule has 2 aromatic rings. The van der Waals surface area contributed by atoms with Crippen molar-refractivity contribution in [3.05, 3.63) is 60.4 Å². The minimum Gasteiger partial charge on any atom is -0.469 e. The fourth-order valence-corrected chi connectivity index (χ4v) is 5.34. The van der Waals surface area contributed by atoms with Crippen LogP contribution >= 0.6 is 7.60 Å². The number of ether oxygens (including phenoxy) is 2. The molecule has 2 heterocycles. The molecule has 6 atom stereocenters. The molecule has 1 unspecified atom stereocenters. The summed E-state index contributed by atoms with van der Waals surface area (Å²) in [6, 6.07) is 11.3. The first-order valence-electron chi connectivity index (χ1n) is 10.5. The molecule has 1 aromatic heterocycles. The van der Waals surface area contributed by atoms with Gasteiger partial charge in [0.05, 0.1) is 25.8 Å². The summed E-state index contributed by atoms with van der Waals surface area (Å²) in [5, 5.41) is 21.0. The number of carbonyl (C=O) groups excluding carboxylic acids is 2. The van der Waals surface area contributed by atoms with Crippen molar-refractivity contribution in [2.75, 3.05) is 19.9 Å². The van der Waals surface area contributed by atoms with Gasteiger partial charge < -0.3 is 29.9 Å². The lowest BCUT2D eigenvalue weighted by Crippen LogP contribution is -2.46. The quantitative estimate of drug-likeness (QED) is 0.246. The number of carbonyl (C=O) groups is 2. The van der Waals surface area contributed by atoms with E-state index >= 15 is 0 Å². The largest absolute Gasteiger partial charge is 0.469 e. The number of benzene rings is 1. The minimum atomic E-state index is -3.92. The highest BCUT2D eigenvalue weighted by atomic mass is 31.2. The molecule has 1 amide bonds. The summed E-state index contributed by atoms with van der Waals surface area (Å²) >= 11 is 0. The maximum Gasteiger partial charge on any atom is 0.380 e. The Balaban J connectivity index is 1.74. The van der Waals surface area contributed by atoms with E-state index < -0.39 is 56.5 Å². The predicted octanol–water partition coefficient (Wildman–Crippen LogP) is 0.790. The van der Waals surface area contributed by atoms with Crippen molar-refractivity contribution < 1.29 is 47.5 Å². The van der Waals surface area contributed by atoms with Crippen molar-refractivity contribution in [3.63, 3.8) is 0 Å². The van der Waals surface area contributed by atoms with Crippen molar-refractivity contribution in [2.24, 2.45) is 11.7 Å². The van der Waals surface area contributed by atoms with Crippen LogP contribution in [-0.2, 0) is 23.4 Å². The fourth-order valence-electron chi connectivity index (χ4n) is 3.47. The lowest BCUT2D eigenvalue weighted by molar-refractivity contribution is -0.765. The van der Waals surface area contributed by atoms with E-state index in [2.05, 4.69) is 0 Å². The molecule has 1 fully saturated rings. The van der Waals surface area contributed by atoms with Crippen molar-refractivity contribution in [3.8, 4) is 5.75 Å². The van der Waals surface area contributed by atoms with Gasteiger partial charge in [-0.25, -0.2) is 4.57 Å². The third-order valence-corrected chi connectivity index (χ3v) is 7.29. The molecular weight excluding hydrogens is 467 g/mol. The Morgan fingerprint density at radius 3 is 2.53 bits per heavy atom. The number of esters is 1. The van der Waals surface area contributed by atoms with E-state index in [0.717, 1.165) is 0 Å². The Morgan fingerprint density at radius 1 is 1.18 bits per heavy atom. The van der Waals surface area contributed by atoms with Crippen LogP contribution in [0.4, 0.5) is 0 Å². The van der Waals surface area contributed by atoms with Crippen LogP contribution in [0.5, 0.6) is 5.75 Å². The van der Waals surface area contributed by atoms with Gasteiger partial charge in [0.25, 0.3) is 12.1 Å². The monoisotopic (exact) mass is 495 g/mol. The second-order valence-electron chi connectivity index (χ2n) is 7.87. The molecule has 0 bridgehead atoms. The highest BCUT2D eigenvalue weighted by Crippen LogP contribution is 2.50. The third kappa shape index (κ3) is 6.19. The molecule has 12 heteroatoms. The zero-order chi connectivity index (χ0) is 24.9. The third-order valence-electron chi connectivity index (χ3n) is 5.26. The number of amides is 1. The van der Waals surface area contributed by atoms with Crippen molar-refractivity contribution in [1.82, 2.24) is 0 Å². The van der Waals surface area contributed by atoms with Gasteiger partial charge in [0.2, 0.25) is 0 Å². The molecule has 1 aromatic carbocycles. The average molecular weight is 495 g/mol. The molecule has 1 saturated heterocycles. The number of nitrogens with two attached hydrogens (primary N) is 1. The summed E-state index contributed by atoms with van der Waals surface area (Å²) in [4.78, 5) is 23.3. The number of rotatable bonds is 10. The predicted molar refractivity (Wildman–Crippen MR) is 118 cm³/mol. The van der Waals surface area contributed by atoms with Gasteiger partial charge in [-0.05, 0) is 18.2 Å². The van der Waals surface area contributed by atoms with Crippen LogP contribution in [-0.4, -0.2) is 60.3 Å². The van der Waals surface area contributed by atoms with Gasteiger partial charge in [0.15, 0.2) is 18.5 Å². The Kier molecular flexibility index (Phi) is 8.40. The number of nitrogens with zero attached hydrogens (tertiary/aromatic N) is 1. The van der Waals surface area contributed by atoms with Gasteiger partial charge in [0, 0.05) is 6.07 Å². The van der Waals surface area contributed by atoms with Crippen LogP contribution in [0, 0.1) is 5.92 Å². The molecule has 11 nitrogen and oxygen atoms in total. The van der Waals surface area contributed by atoms with Crippen LogP contribution in [0.3, 0.4) is 0 Å². The first kappa shape index (κ1) is 25.8. The van der Waals surface area contributed by atoms with Gasteiger partial charge in [-0.15, -0.1) is 0 Å². The second-order valence-corrected chi connectivity index (χ2v) is 9.90. The van der Waals surface area contributed by atoms with Crippen LogP contribution in [0.15, 0.2) is 54.9 Å². The molecule has 184 valence electrons. The summed E-state index contributed by atoms with van der Waals surface area (Å²) in [6.07, 6.45) is -2.25. The molecule has 1 aliphatic rings. The van der Waals surface area contributed by atoms with Gasteiger partial charge in [0.1, 0.15) is 23.5 Å². The van der Waals surface area contributed by atoms with Crippen molar-refractivity contribution in [2.45, 2.75) is 31.5 Å². The van der Waals surface area contributed by atoms with Crippen molar-refractivity contribution in [1.29, 1.82) is 0 Å². The molecule has 3 rings (SSSR count). The summed E-state index contributed by atoms with van der Waals surface area (Å²) in [6.45, 7) is 1.13. The molecule has 34 heavy (non-hydrogen) atoms. The summed E-state index contributed by atoms with van der Waals surface area (Å²) in [5.74, 6) is -1.77. The first-order chi connectivity index (χ1) is 16.1. The summed E-state index contributed by atoms with van der Waals surface area (Å²) < 4.78 is 36.6. The lowest BCUT2D eigenvalue weighted by atomic mass is 10.1. The Morgan fingerprint density at radius 2 is 1.88 bits per heavy atom. The number of pyridine rings is 1. The first-order valence-corrected chi connectivity index (χ1v) is 12.2. The Bertz CT molecular complexity index is 1050. The number of hydrogen-bond donors (Lipinski definition) is 3. The number of aliphatic hydroxyl groups excluding tert-OH is 2. The molecule has 0 aliphatic carbocycles. The van der Waals surface area contributed by atoms with E-state index in [1.165, 1.54) is 37.1 Å². The Hall–Kier alpha value is -2.82. The number of para-hydroxylation sites is 1. The number of aromatic nitrogens is 1. The maximum atomic E-state index is 13.5. The van der Waals surface area contributed by atoms with E-state index in [9.17, 15) is 24.4 Å². The minimum absolute atomic E-state index is 0.185. The SMILES string of the molecule is COC(=O)[C@H](C)CP(=O)(OC[C@H]1O[C@@H]([n+]2cccc(C(N)=O)c2)[C@H](O)[C@@H]1O)Oc1ccccc1. The zero-order valence-corrected chi connectivity index (χ0v) is 19.6. The van der Waals surface area contributed by atoms with E-state index in [1.807, 2.05) is 0 Å². The molecule has 1 aliphatic heterocycles. The summed E-state index contributed by atoms with van der Waals surface area (Å²) in [5.41, 5.74) is 5.48. The highest BCUT2D eigenvalue weighted by molar-refractivity contribution is 7.54. The Labute approximate surface area is 196 Å². The van der Waals surface area contributed by atoms with E-state index in [4.69, 9.17) is 24.3 Å². The fraction of sp³-hybridized carbons (Fsp3) is 0.409. The van der Waals surface area contributed by atoms with E-state index in [0.29, 0.717) is 0 Å². The molecule has 0 radical (unpaired) electrons. The van der Waals surface area contributed by atoms with Crippen LogP contribution < -0.4 is 14.8 Å². The smallest absolute Gasteiger partial charge is 0.380 e. The lowest BCUT2D eigenvalue weighted by Gasteiger charge is -2.23. The molecule has 0 spiro atoms. The molecule has 4 N–H and O–H groups in total. The van der Waals surface area contributed by atoms with Gasteiger partial charge >= 0.3 is 13.6 Å². The van der Waals surface area contributed by atoms with Gasteiger partial charge in [-0.1, -0.05) is 25.1 Å². The van der Waals surface area contributed by atoms with Crippen LogP contribution in [0.1, 0.15) is 23.5 Å². The zero-order valence-electron chi connectivity index (χ0n) is 18.7. The highest BCUT2D eigenvalue weighted by Gasteiger charge is 2.49. The average Bonchev–Trinajstić information content (AvgIpc) is 3.11.